The van der Waals surface area contributed by atoms with Crippen molar-refractivity contribution in [2.45, 2.75) is 84.2 Å². The molecular weight excluding hydrogens is 462 g/mol. The molecule has 5 rings (SSSR count). The van der Waals surface area contributed by atoms with E-state index in [0.29, 0.717) is 12.4 Å². The topological polar surface area (TPSA) is 94.3 Å². The third kappa shape index (κ3) is 6.06. The van der Waals surface area contributed by atoms with Crippen LogP contribution in [0.15, 0.2) is 53.6 Å². The van der Waals surface area contributed by atoms with Crippen molar-refractivity contribution in [1.29, 1.82) is 0 Å². The zero-order valence-corrected chi connectivity index (χ0v) is 21.8. The first-order valence-electron chi connectivity index (χ1n) is 13.8. The molecule has 1 fully saturated rings. The van der Waals surface area contributed by atoms with Crippen LogP contribution in [0.25, 0.3) is 22.6 Å². The van der Waals surface area contributed by atoms with Crippen LogP contribution >= 0.6 is 0 Å². The molecular formula is C29H37N7O. The van der Waals surface area contributed by atoms with Gasteiger partial charge in [0.25, 0.3) is 0 Å². The van der Waals surface area contributed by atoms with Crippen LogP contribution in [-0.4, -0.2) is 34.7 Å². The fraction of sp³-hybridized carbons (Fsp3) is 0.483. The smallest absolute Gasteiger partial charge is 0.299 e. The average molecular weight is 500 g/mol. The van der Waals surface area contributed by atoms with Gasteiger partial charge in [-0.1, -0.05) is 76.1 Å². The molecule has 1 N–H and O–H groups in total. The molecule has 0 radical (unpaired) electrons. The van der Waals surface area contributed by atoms with Gasteiger partial charge in [0.05, 0.1) is 12.2 Å². The van der Waals surface area contributed by atoms with Crippen LogP contribution in [0.3, 0.4) is 0 Å². The molecule has 3 aromatic heterocycles. The maximum absolute atomic E-state index is 13.5. The van der Waals surface area contributed by atoms with Crippen molar-refractivity contribution in [1.82, 2.24) is 34.7 Å². The summed E-state index contributed by atoms with van der Waals surface area (Å²) >= 11 is 0. The molecule has 0 spiro atoms. The van der Waals surface area contributed by atoms with E-state index in [0.717, 1.165) is 59.8 Å². The summed E-state index contributed by atoms with van der Waals surface area (Å²) in [6.45, 7) is 3.63. The van der Waals surface area contributed by atoms with Crippen LogP contribution in [0.2, 0.25) is 0 Å². The van der Waals surface area contributed by atoms with Gasteiger partial charge in [-0.2, -0.15) is 0 Å². The van der Waals surface area contributed by atoms with E-state index in [9.17, 15) is 4.79 Å². The molecule has 1 aromatic carbocycles. The second-order valence-corrected chi connectivity index (χ2v) is 10.3. The number of tetrazole rings is 1. The number of aromatic amines is 1. The molecule has 0 unspecified atom stereocenters. The normalized spacial score (nSPS) is 14.3. The minimum Gasteiger partial charge on any atom is -0.299 e. The Kier molecular flexibility index (Phi) is 8.23. The van der Waals surface area contributed by atoms with Crippen LogP contribution in [0.5, 0.6) is 0 Å². The minimum absolute atomic E-state index is 0.121. The largest absolute Gasteiger partial charge is 0.328 e. The van der Waals surface area contributed by atoms with Gasteiger partial charge in [0, 0.05) is 35.8 Å². The first-order valence-corrected chi connectivity index (χ1v) is 13.8. The fourth-order valence-corrected chi connectivity index (χ4v) is 5.52. The molecule has 1 aliphatic carbocycles. The highest BCUT2D eigenvalue weighted by Crippen LogP contribution is 2.28. The Bertz CT molecular complexity index is 1320. The maximum Gasteiger partial charge on any atom is 0.328 e. The van der Waals surface area contributed by atoms with Gasteiger partial charge in [-0.15, -0.1) is 5.10 Å². The Morgan fingerprint density at radius 1 is 1.05 bits per heavy atom. The summed E-state index contributed by atoms with van der Waals surface area (Å²) in [7, 11) is 0. The van der Waals surface area contributed by atoms with Crippen molar-refractivity contribution in [3.63, 3.8) is 0 Å². The number of nitrogens with one attached hydrogen (secondary N) is 1. The van der Waals surface area contributed by atoms with Gasteiger partial charge < -0.3 is 0 Å². The number of imidazole rings is 1. The second-order valence-electron chi connectivity index (χ2n) is 10.3. The first-order chi connectivity index (χ1) is 18.2. The van der Waals surface area contributed by atoms with Crippen LogP contribution in [0, 0.1) is 5.92 Å². The molecule has 3 heterocycles. The van der Waals surface area contributed by atoms with Crippen molar-refractivity contribution >= 4 is 0 Å². The highest BCUT2D eigenvalue weighted by atomic mass is 16.1. The number of hydrogen-bond donors (Lipinski definition) is 1. The highest BCUT2D eigenvalue weighted by Gasteiger charge is 2.17. The number of nitrogens with zero attached hydrogens (tertiary/aromatic N) is 6. The Hall–Kier alpha value is -3.55. The number of benzene rings is 1. The van der Waals surface area contributed by atoms with Crippen molar-refractivity contribution in [2.75, 3.05) is 0 Å². The molecule has 0 saturated heterocycles. The second kappa shape index (κ2) is 12.1. The van der Waals surface area contributed by atoms with Gasteiger partial charge >= 0.3 is 5.69 Å². The molecule has 0 amide bonds. The number of pyridine rings is 1. The molecule has 0 bridgehead atoms. The van der Waals surface area contributed by atoms with Crippen LogP contribution < -0.4 is 5.69 Å². The predicted molar refractivity (Wildman–Crippen MR) is 145 cm³/mol. The summed E-state index contributed by atoms with van der Waals surface area (Å²) in [5, 5.41) is 14.3. The quantitative estimate of drug-likeness (QED) is 0.269. The number of H-pyrrole nitrogens is 1. The van der Waals surface area contributed by atoms with Gasteiger partial charge in [-0.25, -0.2) is 9.89 Å². The van der Waals surface area contributed by atoms with Crippen molar-refractivity contribution in [3.05, 3.63) is 70.5 Å². The number of rotatable bonds is 11. The van der Waals surface area contributed by atoms with Gasteiger partial charge in [0.15, 0.2) is 5.82 Å². The summed E-state index contributed by atoms with van der Waals surface area (Å²) in [5.41, 5.74) is 5.03. The molecule has 8 heteroatoms. The maximum atomic E-state index is 13.5. The van der Waals surface area contributed by atoms with Gasteiger partial charge in [0.2, 0.25) is 0 Å². The molecule has 1 aliphatic rings. The minimum atomic E-state index is 0.121. The first kappa shape index (κ1) is 25.1. The van der Waals surface area contributed by atoms with Crippen LogP contribution in [0.1, 0.15) is 76.0 Å². The Morgan fingerprint density at radius 2 is 1.89 bits per heavy atom. The van der Waals surface area contributed by atoms with E-state index in [1.165, 1.54) is 44.9 Å². The standard InChI is InChI=1S/C29H37N7O/c1-2-3-5-11-25-21-35(19-17-22-9-6-4-7-10-22)29(37)36(25)20-23-13-15-24(16-14-23)27-26(12-8-18-30-27)28-31-33-34-32-28/h8,12-16,18,21-22H,2-7,9-11,17,19-20H2,1H3,(H,31,32,33,34). The molecule has 1 saturated carbocycles. The predicted octanol–water partition coefficient (Wildman–Crippen LogP) is 5.64. The van der Waals surface area contributed by atoms with Crippen LogP contribution in [-0.2, 0) is 19.5 Å². The lowest BCUT2D eigenvalue weighted by molar-refractivity contribution is 0.322. The van der Waals surface area contributed by atoms with E-state index in [1.807, 2.05) is 21.3 Å². The molecule has 8 nitrogen and oxygen atoms in total. The van der Waals surface area contributed by atoms with E-state index in [4.69, 9.17) is 0 Å². The van der Waals surface area contributed by atoms with Crippen LogP contribution in [0.4, 0.5) is 0 Å². The number of hydrogen-bond acceptors (Lipinski definition) is 5. The van der Waals surface area contributed by atoms with Gasteiger partial charge in [0.1, 0.15) is 0 Å². The zero-order valence-electron chi connectivity index (χ0n) is 21.8. The van der Waals surface area contributed by atoms with Gasteiger partial charge in [-0.05, 0) is 53.3 Å². The fourth-order valence-electron chi connectivity index (χ4n) is 5.52. The lowest BCUT2D eigenvalue weighted by Crippen LogP contribution is -2.26. The zero-order chi connectivity index (χ0) is 25.5. The Balaban J connectivity index is 1.35. The van der Waals surface area contributed by atoms with E-state index < -0.39 is 0 Å². The molecule has 0 atom stereocenters. The SMILES string of the molecule is CCCCCc1cn(CCC2CCCCC2)c(=O)n1Cc1ccc(-c2ncccc2-c2nnn[nH]2)cc1. The molecule has 4 aromatic rings. The lowest BCUT2D eigenvalue weighted by atomic mass is 9.87. The Morgan fingerprint density at radius 3 is 2.65 bits per heavy atom. The average Bonchev–Trinajstić information content (AvgIpc) is 3.58. The number of aromatic nitrogens is 7. The van der Waals surface area contributed by atoms with E-state index in [1.54, 1.807) is 6.20 Å². The van der Waals surface area contributed by atoms with E-state index in [2.05, 4.69) is 63.0 Å². The third-order valence-corrected chi connectivity index (χ3v) is 7.64. The Labute approximate surface area is 218 Å². The highest BCUT2D eigenvalue weighted by molar-refractivity contribution is 5.76. The van der Waals surface area contributed by atoms with Crippen molar-refractivity contribution in [3.8, 4) is 22.6 Å². The van der Waals surface area contributed by atoms with Crippen molar-refractivity contribution in [2.24, 2.45) is 5.92 Å². The molecule has 37 heavy (non-hydrogen) atoms. The molecule has 0 aliphatic heterocycles. The van der Waals surface area contributed by atoms with Gasteiger partial charge in [-0.3, -0.25) is 14.1 Å². The summed E-state index contributed by atoms with van der Waals surface area (Å²) in [6.07, 6.45) is 16.1. The third-order valence-electron chi connectivity index (χ3n) is 7.64. The lowest BCUT2D eigenvalue weighted by Gasteiger charge is -2.21. The van der Waals surface area contributed by atoms with Crippen molar-refractivity contribution < 1.29 is 0 Å². The summed E-state index contributed by atoms with van der Waals surface area (Å²) in [5.74, 6) is 1.36. The molecule has 194 valence electrons. The van der Waals surface area contributed by atoms with E-state index in [-0.39, 0.29) is 5.69 Å². The summed E-state index contributed by atoms with van der Waals surface area (Å²) in [6, 6.07) is 12.1. The summed E-state index contributed by atoms with van der Waals surface area (Å²) in [4.78, 5) is 18.0. The number of aryl methyl sites for hydroxylation is 2. The number of unbranched alkanes of at least 4 members (excludes halogenated alkanes) is 2. The summed E-state index contributed by atoms with van der Waals surface area (Å²) < 4.78 is 3.95. The monoisotopic (exact) mass is 499 g/mol. The van der Waals surface area contributed by atoms with E-state index >= 15 is 0 Å².